The highest BCUT2D eigenvalue weighted by atomic mass is 32.1. The van der Waals surface area contributed by atoms with Crippen molar-refractivity contribution in [3.8, 4) is 11.6 Å². The molecule has 1 aliphatic rings. The summed E-state index contributed by atoms with van der Waals surface area (Å²) in [5.74, 6) is -0.302. The zero-order valence-corrected chi connectivity index (χ0v) is 13.1. The minimum absolute atomic E-state index is 0.0835. The summed E-state index contributed by atoms with van der Waals surface area (Å²) >= 11 is 1.70. The largest absolute Gasteiger partial charge is 0.545 e. The van der Waals surface area contributed by atoms with Crippen molar-refractivity contribution in [2.75, 3.05) is 0 Å². The second kappa shape index (κ2) is 5.62. The summed E-state index contributed by atoms with van der Waals surface area (Å²) in [7, 11) is 0. The molecule has 0 spiro atoms. The number of hydrogen-bond donors (Lipinski definition) is 0. The van der Waals surface area contributed by atoms with Crippen LogP contribution in [0.4, 0.5) is 0 Å². The number of nitrogens with zero attached hydrogens (tertiary/aromatic N) is 2. The molecule has 0 aliphatic heterocycles. The quantitative estimate of drug-likeness (QED) is 0.740. The van der Waals surface area contributed by atoms with Gasteiger partial charge in [0.05, 0.1) is 11.4 Å². The Labute approximate surface area is 136 Å². The highest BCUT2D eigenvalue weighted by molar-refractivity contribution is 7.18. The van der Waals surface area contributed by atoms with Gasteiger partial charge in [-0.1, -0.05) is 12.1 Å². The van der Waals surface area contributed by atoms with Crippen molar-refractivity contribution < 1.29 is 14.6 Å². The zero-order valence-electron chi connectivity index (χ0n) is 12.2. The normalized spacial score (nSPS) is 13.7. The van der Waals surface area contributed by atoms with Crippen molar-refractivity contribution in [3.63, 3.8) is 0 Å². The molecule has 0 fully saturated rings. The maximum atomic E-state index is 11.0. The molecule has 5 nitrogen and oxygen atoms in total. The van der Waals surface area contributed by atoms with E-state index in [4.69, 9.17) is 4.74 Å². The maximum absolute atomic E-state index is 11.0. The fraction of sp³-hybridized carbons (Fsp3) is 0.235. The van der Waals surface area contributed by atoms with Crippen LogP contribution < -0.4 is 9.84 Å². The average Bonchev–Trinajstić information content (AvgIpc) is 2.94. The van der Waals surface area contributed by atoms with E-state index in [2.05, 4.69) is 9.97 Å². The molecule has 1 aliphatic carbocycles. The Hall–Kier alpha value is -2.47. The van der Waals surface area contributed by atoms with Crippen molar-refractivity contribution in [1.29, 1.82) is 0 Å². The van der Waals surface area contributed by atoms with Crippen molar-refractivity contribution in [3.05, 3.63) is 46.6 Å². The first kappa shape index (κ1) is 14.1. The number of ether oxygens (including phenoxy) is 1. The number of carbonyl (C=O) groups excluding carboxylic acids is 1. The van der Waals surface area contributed by atoms with Gasteiger partial charge in [0.25, 0.3) is 0 Å². The van der Waals surface area contributed by atoms with Crippen molar-refractivity contribution in [1.82, 2.24) is 9.97 Å². The minimum atomic E-state index is -1.23. The summed E-state index contributed by atoms with van der Waals surface area (Å²) in [5.41, 5.74) is 1.36. The van der Waals surface area contributed by atoms with E-state index in [1.165, 1.54) is 35.3 Å². The lowest BCUT2D eigenvalue weighted by Gasteiger charge is -2.12. The van der Waals surface area contributed by atoms with Gasteiger partial charge in [-0.15, -0.1) is 11.3 Å². The molecule has 4 rings (SSSR count). The summed E-state index contributed by atoms with van der Waals surface area (Å²) in [4.78, 5) is 21.9. The molecule has 0 bridgehead atoms. The molecule has 3 aromatic rings. The van der Waals surface area contributed by atoms with Crippen molar-refractivity contribution in [2.24, 2.45) is 0 Å². The lowest BCUT2D eigenvalue weighted by Crippen LogP contribution is -2.21. The lowest BCUT2D eigenvalue weighted by molar-refractivity contribution is -0.255. The molecule has 6 heteroatoms. The number of carboxylic acid groups (broad SMARTS) is 1. The average molecular weight is 325 g/mol. The highest BCUT2D eigenvalue weighted by Gasteiger charge is 2.20. The number of aromatic carboxylic acids is 1. The van der Waals surface area contributed by atoms with Gasteiger partial charge in [0.15, 0.2) is 0 Å². The highest BCUT2D eigenvalue weighted by Crippen LogP contribution is 2.40. The number of aromatic nitrogens is 2. The van der Waals surface area contributed by atoms with E-state index in [1.807, 2.05) is 0 Å². The molecule has 116 valence electrons. The van der Waals surface area contributed by atoms with Crippen LogP contribution in [0.3, 0.4) is 0 Å². The lowest BCUT2D eigenvalue weighted by atomic mass is 9.97. The number of carbonyl (C=O) groups is 1. The number of fused-ring (bicyclic) bond motifs is 3. The summed E-state index contributed by atoms with van der Waals surface area (Å²) in [6.07, 6.45) is 5.95. The molecule has 2 aromatic heterocycles. The Morgan fingerprint density at radius 1 is 1.22 bits per heavy atom. The van der Waals surface area contributed by atoms with Gasteiger partial charge in [-0.2, -0.15) is 0 Å². The van der Waals surface area contributed by atoms with Gasteiger partial charge in [0.2, 0.25) is 5.88 Å². The first-order chi connectivity index (χ1) is 11.2. The summed E-state index contributed by atoms with van der Waals surface area (Å²) in [5, 5.41) is 11.9. The van der Waals surface area contributed by atoms with Crippen molar-refractivity contribution in [2.45, 2.75) is 25.7 Å². The van der Waals surface area contributed by atoms with Gasteiger partial charge in [0, 0.05) is 10.4 Å². The van der Waals surface area contributed by atoms with Crippen LogP contribution in [0, 0.1) is 0 Å². The molecule has 0 saturated heterocycles. The Kier molecular flexibility index (Phi) is 3.46. The van der Waals surface area contributed by atoms with Gasteiger partial charge in [-0.05, 0) is 43.4 Å². The molecule has 0 radical (unpaired) electrons. The van der Waals surface area contributed by atoms with E-state index in [-0.39, 0.29) is 5.56 Å². The number of hydrogen-bond acceptors (Lipinski definition) is 6. The van der Waals surface area contributed by atoms with Gasteiger partial charge in [-0.3, -0.25) is 0 Å². The topological polar surface area (TPSA) is 75.1 Å². The Morgan fingerprint density at radius 3 is 2.96 bits per heavy atom. The fourth-order valence-corrected chi connectivity index (χ4v) is 4.16. The summed E-state index contributed by atoms with van der Waals surface area (Å²) in [6, 6.07) is 6.26. The van der Waals surface area contributed by atoms with E-state index >= 15 is 0 Å². The number of thiophene rings is 1. The van der Waals surface area contributed by atoms with E-state index < -0.39 is 5.97 Å². The zero-order chi connectivity index (χ0) is 15.8. The fourth-order valence-electron chi connectivity index (χ4n) is 2.94. The second-order valence-corrected chi connectivity index (χ2v) is 6.57. The molecule has 0 amide bonds. The van der Waals surface area contributed by atoms with Gasteiger partial charge < -0.3 is 14.6 Å². The minimum Gasteiger partial charge on any atom is -0.545 e. The third-order valence-corrected chi connectivity index (χ3v) is 5.20. The third-order valence-electron chi connectivity index (χ3n) is 4.00. The molecule has 0 saturated carbocycles. The number of aryl methyl sites for hydroxylation is 2. The SMILES string of the molecule is O=C([O-])c1cccc(Oc2ncnc3sc4c(c23)CCCC4)c1. The molecule has 0 unspecified atom stereocenters. The van der Waals surface area contributed by atoms with Crippen LogP contribution in [0.1, 0.15) is 33.6 Å². The van der Waals surface area contributed by atoms with Gasteiger partial charge in [-0.25, -0.2) is 9.97 Å². The smallest absolute Gasteiger partial charge is 0.231 e. The van der Waals surface area contributed by atoms with Crippen LogP contribution in [0.25, 0.3) is 10.2 Å². The summed E-state index contributed by atoms with van der Waals surface area (Å²) in [6.45, 7) is 0. The Morgan fingerprint density at radius 2 is 2.09 bits per heavy atom. The summed E-state index contributed by atoms with van der Waals surface area (Å²) < 4.78 is 5.87. The Balaban J connectivity index is 1.78. The molecule has 0 atom stereocenters. The van der Waals surface area contributed by atoms with E-state index in [9.17, 15) is 9.90 Å². The third kappa shape index (κ3) is 2.55. The van der Waals surface area contributed by atoms with Crippen LogP contribution in [-0.2, 0) is 12.8 Å². The van der Waals surface area contributed by atoms with E-state index in [0.717, 1.165) is 29.5 Å². The predicted octanol–water partition coefficient (Wildman–Crippen LogP) is 2.73. The molecule has 23 heavy (non-hydrogen) atoms. The van der Waals surface area contributed by atoms with Crippen LogP contribution in [0.2, 0.25) is 0 Å². The number of rotatable bonds is 3. The number of benzene rings is 1. The first-order valence-electron chi connectivity index (χ1n) is 7.47. The van der Waals surface area contributed by atoms with Crippen LogP contribution >= 0.6 is 11.3 Å². The van der Waals surface area contributed by atoms with Crippen LogP contribution in [0.5, 0.6) is 11.6 Å². The van der Waals surface area contributed by atoms with Gasteiger partial charge >= 0.3 is 0 Å². The van der Waals surface area contributed by atoms with Crippen molar-refractivity contribution >= 4 is 27.5 Å². The molecular weight excluding hydrogens is 312 g/mol. The molecule has 1 aromatic carbocycles. The maximum Gasteiger partial charge on any atom is 0.231 e. The number of carboxylic acids is 1. The predicted molar refractivity (Wildman–Crippen MR) is 84.9 cm³/mol. The monoisotopic (exact) mass is 325 g/mol. The molecule has 0 N–H and O–H groups in total. The van der Waals surface area contributed by atoms with Gasteiger partial charge in [0.1, 0.15) is 16.9 Å². The molecular formula is C17H13N2O3S-. The van der Waals surface area contributed by atoms with E-state index in [0.29, 0.717) is 11.6 Å². The standard InChI is InChI=1S/C17H14N2O3S/c20-17(21)10-4-3-5-11(8-10)22-15-14-12-6-1-2-7-13(12)23-16(14)19-9-18-15/h3-5,8-9H,1-2,6-7H2,(H,20,21)/p-1. The molecule has 2 heterocycles. The van der Waals surface area contributed by atoms with Crippen LogP contribution in [0.15, 0.2) is 30.6 Å². The Bertz CT molecular complexity index is 904. The first-order valence-corrected chi connectivity index (χ1v) is 8.28. The second-order valence-electron chi connectivity index (χ2n) is 5.49. The van der Waals surface area contributed by atoms with E-state index in [1.54, 1.807) is 23.5 Å². The van der Waals surface area contributed by atoms with Crippen LogP contribution in [-0.4, -0.2) is 15.9 Å².